The van der Waals surface area contributed by atoms with Gasteiger partial charge in [-0.15, -0.1) is 0 Å². The van der Waals surface area contributed by atoms with E-state index in [1.165, 1.54) is 12.1 Å². The Morgan fingerprint density at radius 2 is 1.94 bits per heavy atom. The van der Waals surface area contributed by atoms with Gasteiger partial charge in [-0.3, -0.25) is 0 Å². The molecular weight excluding hydrogens is 277 g/mol. The Hall–Kier alpha value is -1.63. The van der Waals surface area contributed by atoms with Crippen LogP contribution in [0.1, 0.15) is 5.56 Å². The molecule has 0 saturated carbocycles. The molecule has 0 spiro atoms. The minimum absolute atomic E-state index is 0.0818. The van der Waals surface area contributed by atoms with Gasteiger partial charge >= 0.3 is 0 Å². The topological polar surface area (TPSA) is 103 Å². The quantitative estimate of drug-likeness (QED) is 0.533. The molecule has 1 aromatic carbocycles. The molecule has 0 aliphatic carbocycles. The van der Waals surface area contributed by atoms with Crippen LogP contribution in [0.3, 0.4) is 0 Å². The van der Waals surface area contributed by atoms with Crippen LogP contribution in [0.4, 0.5) is 10.1 Å². The van der Waals surface area contributed by atoms with Gasteiger partial charge in [0.05, 0.1) is 10.2 Å². The molecule has 7 heteroatoms. The Morgan fingerprint density at radius 3 is 2.50 bits per heavy atom. The van der Waals surface area contributed by atoms with Gasteiger partial charge in [-0.1, -0.05) is 0 Å². The molecule has 0 amide bonds. The van der Waals surface area contributed by atoms with Crippen LogP contribution >= 0.6 is 15.9 Å². The summed E-state index contributed by atoms with van der Waals surface area (Å²) >= 11 is 3.10. The van der Waals surface area contributed by atoms with E-state index in [1.54, 1.807) is 6.92 Å². The van der Waals surface area contributed by atoms with Crippen molar-refractivity contribution in [1.82, 2.24) is 0 Å². The Labute approximate surface area is 100 Å². The molecule has 0 radical (unpaired) electrons. The van der Waals surface area contributed by atoms with E-state index in [0.29, 0.717) is 15.7 Å². The molecule has 0 atom stereocenters. The second kappa shape index (κ2) is 4.93. The fourth-order valence-corrected chi connectivity index (χ4v) is 1.38. The van der Waals surface area contributed by atoms with Crippen molar-refractivity contribution in [3.63, 3.8) is 0 Å². The van der Waals surface area contributed by atoms with Gasteiger partial charge in [-0.2, -0.15) is 4.99 Å². The lowest BCUT2D eigenvalue weighted by Crippen LogP contribution is -2.26. The summed E-state index contributed by atoms with van der Waals surface area (Å²) in [6, 6.07) is 2.77. The second-order valence-corrected chi connectivity index (χ2v) is 3.81. The Morgan fingerprint density at radius 1 is 1.31 bits per heavy atom. The fourth-order valence-electron chi connectivity index (χ4n) is 1.04. The maximum Gasteiger partial charge on any atom is 0.223 e. The number of nitrogens with two attached hydrogens (primary N) is 3. The number of hydrogen-bond donors (Lipinski definition) is 3. The number of nitrogens with zero attached hydrogens (tertiary/aromatic N) is 2. The maximum atomic E-state index is 13.1. The Balaban J connectivity index is 3.17. The zero-order valence-corrected chi connectivity index (χ0v) is 10.1. The van der Waals surface area contributed by atoms with Crippen LogP contribution in [0, 0.1) is 12.7 Å². The molecule has 0 heterocycles. The molecule has 0 fully saturated rings. The predicted octanol–water partition coefficient (Wildman–Crippen LogP) is 1.12. The highest BCUT2D eigenvalue weighted by Crippen LogP contribution is 2.28. The van der Waals surface area contributed by atoms with Crippen molar-refractivity contribution in [2.45, 2.75) is 6.92 Å². The van der Waals surface area contributed by atoms with E-state index in [0.717, 1.165) is 0 Å². The third kappa shape index (κ3) is 2.93. The highest BCUT2D eigenvalue weighted by molar-refractivity contribution is 9.10. The Kier molecular flexibility index (Phi) is 3.83. The molecule has 5 nitrogen and oxygen atoms in total. The van der Waals surface area contributed by atoms with E-state index in [-0.39, 0.29) is 17.7 Å². The summed E-state index contributed by atoms with van der Waals surface area (Å²) in [4.78, 5) is 7.51. The summed E-state index contributed by atoms with van der Waals surface area (Å²) in [6.07, 6.45) is 0. The molecular formula is C9H11BrFN5. The SMILES string of the molecule is Cc1c(N=C(N)N=C(N)N)ccc(F)c1Br. The number of hydrogen-bond acceptors (Lipinski definition) is 1. The standard InChI is InChI=1S/C9H11BrFN5/c1-4-6(3-2-5(11)7(4)10)15-9(14)16-8(12)13/h2-3H,1H3,(H6,12,13,14,15,16). The van der Waals surface area contributed by atoms with Crippen molar-refractivity contribution in [3.05, 3.63) is 28.0 Å². The zero-order valence-electron chi connectivity index (χ0n) is 8.54. The fraction of sp³-hybridized carbons (Fsp3) is 0.111. The lowest BCUT2D eigenvalue weighted by molar-refractivity contribution is 0.620. The van der Waals surface area contributed by atoms with Crippen LogP contribution in [-0.4, -0.2) is 11.9 Å². The summed E-state index contributed by atoms with van der Waals surface area (Å²) in [5.74, 6) is -0.626. The summed E-state index contributed by atoms with van der Waals surface area (Å²) in [5.41, 5.74) is 16.8. The van der Waals surface area contributed by atoms with Crippen LogP contribution in [0.25, 0.3) is 0 Å². The van der Waals surface area contributed by atoms with E-state index in [1.807, 2.05) is 0 Å². The number of halogens is 2. The van der Waals surface area contributed by atoms with Crippen molar-refractivity contribution in [3.8, 4) is 0 Å². The van der Waals surface area contributed by atoms with E-state index < -0.39 is 0 Å². The highest BCUT2D eigenvalue weighted by atomic mass is 79.9. The smallest absolute Gasteiger partial charge is 0.223 e. The molecule has 0 aliphatic heterocycles. The van der Waals surface area contributed by atoms with Crippen LogP contribution in [0.5, 0.6) is 0 Å². The molecule has 0 unspecified atom stereocenters. The number of aliphatic imine (C=N–C) groups is 2. The first-order valence-electron chi connectivity index (χ1n) is 4.30. The normalized spacial score (nSPS) is 11.3. The second-order valence-electron chi connectivity index (χ2n) is 3.01. The highest BCUT2D eigenvalue weighted by Gasteiger charge is 2.06. The number of guanidine groups is 2. The third-order valence-corrected chi connectivity index (χ3v) is 2.76. The van der Waals surface area contributed by atoms with Gasteiger partial charge in [0, 0.05) is 0 Å². The molecule has 86 valence electrons. The summed E-state index contributed by atoms with van der Waals surface area (Å²) in [7, 11) is 0. The van der Waals surface area contributed by atoms with Crippen molar-refractivity contribution < 1.29 is 4.39 Å². The minimum Gasteiger partial charge on any atom is -0.370 e. The third-order valence-electron chi connectivity index (χ3n) is 1.79. The molecule has 16 heavy (non-hydrogen) atoms. The van der Waals surface area contributed by atoms with Crippen LogP contribution in [0.2, 0.25) is 0 Å². The molecule has 0 saturated heterocycles. The average molecular weight is 288 g/mol. The summed E-state index contributed by atoms with van der Waals surface area (Å²) in [6.45, 7) is 1.70. The van der Waals surface area contributed by atoms with Crippen LogP contribution in [-0.2, 0) is 0 Å². The van der Waals surface area contributed by atoms with Gasteiger partial charge in [-0.05, 0) is 40.5 Å². The first kappa shape index (κ1) is 12.4. The average Bonchev–Trinajstić information content (AvgIpc) is 2.18. The lowest BCUT2D eigenvalue weighted by atomic mass is 10.2. The monoisotopic (exact) mass is 287 g/mol. The number of rotatable bonds is 1. The van der Waals surface area contributed by atoms with Crippen LogP contribution in [0.15, 0.2) is 26.6 Å². The first-order chi connectivity index (χ1) is 7.41. The van der Waals surface area contributed by atoms with E-state index in [9.17, 15) is 4.39 Å². The van der Waals surface area contributed by atoms with Crippen molar-refractivity contribution in [2.75, 3.05) is 0 Å². The van der Waals surface area contributed by atoms with E-state index in [4.69, 9.17) is 17.2 Å². The molecule has 1 aromatic rings. The van der Waals surface area contributed by atoms with Crippen LogP contribution < -0.4 is 17.2 Å². The van der Waals surface area contributed by atoms with Crippen molar-refractivity contribution in [2.24, 2.45) is 27.2 Å². The van der Waals surface area contributed by atoms with Gasteiger partial charge in [0.15, 0.2) is 5.96 Å². The zero-order chi connectivity index (χ0) is 12.3. The Bertz CT molecular complexity index is 465. The van der Waals surface area contributed by atoms with Crippen molar-refractivity contribution in [1.29, 1.82) is 0 Å². The van der Waals surface area contributed by atoms with E-state index >= 15 is 0 Å². The minimum atomic E-state index is -0.364. The molecule has 0 aromatic heterocycles. The molecule has 1 rings (SSSR count). The van der Waals surface area contributed by atoms with Gasteiger partial charge in [0.1, 0.15) is 5.82 Å². The van der Waals surface area contributed by atoms with Gasteiger partial charge < -0.3 is 17.2 Å². The molecule has 0 aliphatic rings. The van der Waals surface area contributed by atoms with Gasteiger partial charge in [0.2, 0.25) is 5.96 Å². The van der Waals surface area contributed by atoms with Gasteiger partial charge in [-0.25, -0.2) is 9.38 Å². The predicted molar refractivity (Wildman–Crippen MR) is 65.9 cm³/mol. The first-order valence-corrected chi connectivity index (χ1v) is 5.09. The van der Waals surface area contributed by atoms with Gasteiger partial charge in [0.25, 0.3) is 0 Å². The van der Waals surface area contributed by atoms with E-state index in [2.05, 4.69) is 25.9 Å². The number of benzene rings is 1. The summed E-state index contributed by atoms with van der Waals surface area (Å²) in [5, 5.41) is 0. The molecule has 6 N–H and O–H groups in total. The lowest BCUT2D eigenvalue weighted by Gasteiger charge is -2.04. The maximum absolute atomic E-state index is 13.1. The van der Waals surface area contributed by atoms with Crippen molar-refractivity contribution >= 4 is 33.5 Å². The largest absolute Gasteiger partial charge is 0.370 e. The molecule has 0 bridgehead atoms. The summed E-state index contributed by atoms with van der Waals surface area (Å²) < 4.78 is 13.5.